The molecule has 2 saturated heterocycles. The smallest absolute Gasteiger partial charge is 0.342 e. The van der Waals surface area contributed by atoms with Gasteiger partial charge in [-0.1, -0.05) is 56.4 Å². The summed E-state index contributed by atoms with van der Waals surface area (Å²) in [5.41, 5.74) is 2.77. The van der Waals surface area contributed by atoms with Gasteiger partial charge >= 0.3 is 26.8 Å². The van der Waals surface area contributed by atoms with Gasteiger partial charge in [-0.15, -0.1) is 23.2 Å². The van der Waals surface area contributed by atoms with Crippen molar-refractivity contribution in [2.24, 2.45) is 11.8 Å². The van der Waals surface area contributed by atoms with Crippen LogP contribution in [-0.2, 0) is 52.3 Å². The quantitative estimate of drug-likeness (QED) is 0.0545. The average molecular weight is 1080 g/mol. The number of nitrogens with zero attached hydrogens (tertiary/aromatic N) is 2. The largest absolute Gasteiger partial charge is 0.467 e. The number of carbonyl (C=O) groups is 5. The molecule has 4 aliphatic heterocycles. The monoisotopic (exact) mass is 1080 g/mol. The van der Waals surface area contributed by atoms with Crippen molar-refractivity contribution < 1.29 is 76.4 Å². The second-order valence-electron chi connectivity index (χ2n) is 18.9. The normalized spacial score (nSPS) is 27.7. The second-order valence-corrected chi connectivity index (χ2v) is 19.7. The van der Waals surface area contributed by atoms with Crippen LogP contribution < -0.4 is 19.1 Å². The van der Waals surface area contributed by atoms with Gasteiger partial charge in [-0.3, -0.25) is 4.79 Å². The molecule has 0 spiro atoms. The first-order valence-corrected chi connectivity index (χ1v) is 25.4. The zero-order chi connectivity index (χ0) is 55.6. The summed E-state index contributed by atoms with van der Waals surface area (Å²) in [6.45, 7) is 14.3. The SMILES string of the molecule is COCOc1cc(N(C)[B]C=O)cc2c1C(=O)O[C@@H](C)[C@H](C)/C=C\C(=O)C1OC(C)(C)O[C@H]1C/C=C/2.COCOc1cc(N(C)[B]C=O)cc2c1C(=O)O[C@@H](C)[C@H](C)/C=C\C(O)C1OC(C)(C)O[C@H]1C/C=C/2.ClCCl. The van der Waals surface area contributed by atoms with Crippen molar-refractivity contribution in [1.82, 2.24) is 0 Å². The van der Waals surface area contributed by atoms with E-state index in [0.29, 0.717) is 47.7 Å². The third-order valence-electron chi connectivity index (χ3n) is 12.3. The molecule has 0 amide bonds. The highest BCUT2D eigenvalue weighted by Crippen LogP contribution is 2.37. The number of aliphatic hydroxyl groups excluding tert-OH is 1. The Morgan fingerprint density at radius 3 is 1.57 bits per heavy atom. The van der Waals surface area contributed by atoms with E-state index >= 15 is 0 Å². The topological polar surface area (TPSA) is 204 Å². The Morgan fingerprint density at radius 1 is 0.667 bits per heavy atom. The number of ketones is 1. The summed E-state index contributed by atoms with van der Waals surface area (Å²) >= 11 is 9.53. The minimum Gasteiger partial charge on any atom is -0.467 e. The summed E-state index contributed by atoms with van der Waals surface area (Å²) in [4.78, 5) is 65.0. The second kappa shape index (κ2) is 29.5. The lowest BCUT2D eigenvalue weighted by molar-refractivity contribution is -0.152. The van der Waals surface area contributed by atoms with Crippen molar-refractivity contribution >= 4 is 91.7 Å². The van der Waals surface area contributed by atoms with Gasteiger partial charge in [0.05, 0.1) is 17.5 Å². The Labute approximate surface area is 452 Å². The summed E-state index contributed by atoms with van der Waals surface area (Å²) in [6, 6.07) is 6.84. The molecular weight excluding hydrogens is 1010 g/mol. The summed E-state index contributed by atoms with van der Waals surface area (Å²) in [6.07, 6.45) is 11.9. The molecule has 75 heavy (non-hydrogen) atoms. The van der Waals surface area contributed by atoms with E-state index < -0.39 is 66.2 Å². The van der Waals surface area contributed by atoms with Crippen LogP contribution in [0.5, 0.6) is 11.5 Å². The van der Waals surface area contributed by atoms with Crippen molar-refractivity contribution in [3.8, 4) is 11.5 Å². The van der Waals surface area contributed by atoms with Crippen LogP contribution in [0.15, 0.2) is 60.7 Å². The number of cyclic esters (lactones) is 2. The van der Waals surface area contributed by atoms with E-state index in [1.165, 1.54) is 35.1 Å². The van der Waals surface area contributed by atoms with Crippen molar-refractivity contribution in [2.75, 3.05) is 56.9 Å². The lowest BCUT2D eigenvalue weighted by atomic mass is 9.93. The maximum absolute atomic E-state index is 13.4. The van der Waals surface area contributed by atoms with Gasteiger partial charge in [0.25, 0.3) is 0 Å². The Kier molecular flexibility index (Phi) is 24.6. The van der Waals surface area contributed by atoms with Gasteiger partial charge in [-0.05, 0) is 97.8 Å². The number of methoxy groups -OCH3 is 2. The van der Waals surface area contributed by atoms with Gasteiger partial charge in [-0.25, -0.2) is 9.59 Å². The highest BCUT2D eigenvalue weighted by molar-refractivity contribution is 6.70. The van der Waals surface area contributed by atoms with Crippen LogP contribution in [-0.4, -0.2) is 152 Å². The molecule has 0 aromatic heterocycles. The molecular formula is C53H70B2Cl2N2O16. The number of rotatable bonds is 12. The van der Waals surface area contributed by atoms with Crippen LogP contribution in [0.25, 0.3) is 12.2 Å². The minimum absolute atomic E-state index is 0.0788. The van der Waals surface area contributed by atoms with Crippen LogP contribution in [0.1, 0.15) is 100 Å². The Balaban J connectivity index is 0.000000308. The molecule has 6 rings (SSSR count). The summed E-state index contributed by atoms with van der Waals surface area (Å²) in [5, 5.41) is 11.0. The number of anilines is 2. The van der Waals surface area contributed by atoms with Gasteiger partial charge in [0, 0.05) is 49.6 Å². The maximum atomic E-state index is 13.4. The summed E-state index contributed by atoms with van der Waals surface area (Å²) < 4.78 is 57.1. The molecule has 9 atom stereocenters. The molecule has 0 saturated carbocycles. The van der Waals surface area contributed by atoms with Crippen molar-refractivity contribution in [1.29, 1.82) is 0 Å². The number of carbonyl (C=O) groups excluding carboxylic acids is 5. The molecule has 2 radical (unpaired) electrons. The van der Waals surface area contributed by atoms with Crippen LogP contribution in [0.2, 0.25) is 0 Å². The van der Waals surface area contributed by atoms with Crippen LogP contribution in [0, 0.1) is 11.8 Å². The number of aliphatic hydroxyl groups is 1. The predicted octanol–water partition coefficient (Wildman–Crippen LogP) is 7.53. The van der Waals surface area contributed by atoms with Crippen LogP contribution in [0.3, 0.4) is 0 Å². The molecule has 4 heterocycles. The summed E-state index contributed by atoms with van der Waals surface area (Å²) in [5.74, 6) is -3.00. The molecule has 408 valence electrons. The number of alkyl halides is 2. The molecule has 2 aromatic rings. The molecule has 0 bridgehead atoms. The first kappa shape index (κ1) is 62.5. The predicted molar refractivity (Wildman–Crippen MR) is 289 cm³/mol. The van der Waals surface area contributed by atoms with Crippen molar-refractivity contribution in [3.63, 3.8) is 0 Å². The fraction of sp³-hybridized carbons (Fsp3) is 0.528. The van der Waals surface area contributed by atoms with E-state index in [1.54, 1.807) is 100.0 Å². The Morgan fingerprint density at radius 2 is 1.11 bits per heavy atom. The number of benzene rings is 2. The zero-order valence-electron chi connectivity index (χ0n) is 44.7. The van der Waals surface area contributed by atoms with Gasteiger partial charge in [-0.2, -0.15) is 0 Å². The number of hydrogen-bond acceptors (Lipinski definition) is 18. The highest BCUT2D eigenvalue weighted by atomic mass is 35.5. The fourth-order valence-electron chi connectivity index (χ4n) is 8.14. The highest BCUT2D eigenvalue weighted by Gasteiger charge is 2.45. The van der Waals surface area contributed by atoms with Gasteiger partial charge in [0.1, 0.15) is 65.5 Å². The first-order chi connectivity index (χ1) is 35.5. The van der Waals surface area contributed by atoms with Crippen LogP contribution in [0.4, 0.5) is 11.4 Å². The average Bonchev–Trinajstić information content (AvgIpc) is 3.85. The minimum atomic E-state index is -0.905. The fourth-order valence-corrected chi connectivity index (χ4v) is 8.14. The lowest BCUT2D eigenvalue weighted by Gasteiger charge is -2.24. The Hall–Kier alpha value is -5.02. The van der Waals surface area contributed by atoms with E-state index in [9.17, 15) is 29.1 Å². The van der Waals surface area contributed by atoms with Crippen LogP contribution >= 0.6 is 23.2 Å². The molecule has 18 nitrogen and oxygen atoms in total. The number of halogens is 2. The number of ether oxygens (including phenoxy) is 10. The Bertz CT molecular complexity index is 2380. The van der Waals surface area contributed by atoms with Gasteiger partial charge in [0.15, 0.2) is 30.9 Å². The van der Waals surface area contributed by atoms with E-state index in [1.807, 2.05) is 45.9 Å². The molecule has 4 aliphatic rings. The van der Waals surface area contributed by atoms with E-state index in [-0.39, 0.29) is 59.2 Å². The summed E-state index contributed by atoms with van der Waals surface area (Å²) in [7, 11) is 9.10. The first-order valence-electron chi connectivity index (χ1n) is 24.3. The van der Waals surface area contributed by atoms with Gasteiger partial charge < -0.3 is 71.7 Å². The van der Waals surface area contributed by atoms with Crippen molar-refractivity contribution in [2.45, 2.75) is 123 Å². The number of hydrogen-bond donors (Lipinski definition) is 1. The van der Waals surface area contributed by atoms with E-state index in [0.717, 1.165) is 0 Å². The van der Waals surface area contributed by atoms with E-state index in [2.05, 4.69) is 0 Å². The number of fused-ring (bicyclic) bond motifs is 4. The standard InChI is InChI=1S/C26H35BNO8.C26H33BNO8.CH2Cl2/c2*1-16-10-11-20(30)24-21(35-26(3,4)36-24)9-7-8-18-12-19(28(5)27-14-29)13-22(33-15-32-6)23(18)25(31)34-17(16)2;2-1-3/h7-8,10-14,16-17,20-21,24,30H,9,15H2,1-6H3;7-8,10-14,16-17,21,24H,9,15H2,1-6H3;1H2/b2*8-7+,11-10-;/t16-,17+,20?,21+,24?;16-,17+,21+,24?;/m11./s1. The van der Waals surface area contributed by atoms with E-state index in [4.69, 9.17) is 70.6 Å². The molecule has 1 N–H and O–H groups in total. The zero-order valence-corrected chi connectivity index (χ0v) is 46.2. The van der Waals surface area contributed by atoms with Crippen molar-refractivity contribution in [3.05, 3.63) is 83.0 Å². The molecule has 22 heteroatoms. The third kappa shape index (κ3) is 18.0. The third-order valence-corrected chi connectivity index (χ3v) is 12.3. The lowest BCUT2D eigenvalue weighted by Crippen LogP contribution is -2.34. The molecule has 0 aliphatic carbocycles. The number of esters is 2. The maximum Gasteiger partial charge on any atom is 0.342 e. The molecule has 2 aromatic carbocycles. The molecule has 2 fully saturated rings. The van der Waals surface area contributed by atoms with Gasteiger partial charge in [0.2, 0.25) is 0 Å². The molecule has 3 unspecified atom stereocenters.